The number of aromatic nitrogens is 1. The zero-order valence-corrected chi connectivity index (χ0v) is 14.9. The predicted octanol–water partition coefficient (Wildman–Crippen LogP) is 1.96. The number of guanidine groups is 1. The van der Waals surface area contributed by atoms with Gasteiger partial charge >= 0.3 is 0 Å². The van der Waals surface area contributed by atoms with Crippen LogP contribution < -0.4 is 16.2 Å². The summed E-state index contributed by atoms with van der Waals surface area (Å²) in [5, 5.41) is 6.65. The smallest absolute Gasteiger partial charge is 0.250 e. The molecule has 0 aromatic carbocycles. The lowest BCUT2D eigenvalue weighted by Gasteiger charge is -2.10. The summed E-state index contributed by atoms with van der Waals surface area (Å²) in [5.74, 6) is 0.923. The van der Waals surface area contributed by atoms with Gasteiger partial charge in [-0.3, -0.25) is 9.79 Å². The minimum atomic E-state index is 0. The maximum atomic E-state index is 11.5. The van der Waals surface area contributed by atoms with Crippen molar-refractivity contribution in [1.29, 1.82) is 0 Å². The van der Waals surface area contributed by atoms with Crippen LogP contribution in [0.15, 0.2) is 34.2 Å². The van der Waals surface area contributed by atoms with Gasteiger partial charge in [-0.2, -0.15) is 0 Å². The fourth-order valence-corrected chi connectivity index (χ4v) is 1.97. The molecule has 118 valence electrons. The zero-order valence-electron chi connectivity index (χ0n) is 12.5. The summed E-state index contributed by atoms with van der Waals surface area (Å²) >= 11 is 0. The number of aliphatic imine (C=N–C) groups is 1. The zero-order chi connectivity index (χ0) is 14.2. The second kappa shape index (κ2) is 9.81. The normalized spacial score (nSPS) is 14.4. The van der Waals surface area contributed by atoms with Gasteiger partial charge in [0, 0.05) is 37.9 Å². The third-order valence-corrected chi connectivity index (χ3v) is 3.24. The monoisotopic (exact) mass is 404 g/mol. The molecule has 5 nitrogen and oxygen atoms in total. The molecule has 2 rings (SSSR count). The highest BCUT2D eigenvalue weighted by molar-refractivity contribution is 14.0. The second-order valence-corrected chi connectivity index (χ2v) is 5.12. The molecule has 21 heavy (non-hydrogen) atoms. The summed E-state index contributed by atoms with van der Waals surface area (Å²) in [6.45, 7) is 4.52. The van der Waals surface area contributed by atoms with Gasteiger partial charge in [0.25, 0.3) is 0 Å². The van der Waals surface area contributed by atoms with E-state index < -0.39 is 0 Å². The molecule has 1 heterocycles. The van der Waals surface area contributed by atoms with Crippen LogP contribution in [0, 0.1) is 0 Å². The fourth-order valence-electron chi connectivity index (χ4n) is 1.97. The average molecular weight is 404 g/mol. The van der Waals surface area contributed by atoms with Crippen LogP contribution in [0.5, 0.6) is 0 Å². The quantitative estimate of drug-likeness (QED) is 0.316. The number of nitrogens with one attached hydrogen (secondary N) is 2. The van der Waals surface area contributed by atoms with Crippen LogP contribution >= 0.6 is 24.0 Å². The lowest BCUT2D eigenvalue weighted by Crippen LogP contribution is -2.38. The van der Waals surface area contributed by atoms with E-state index in [1.165, 1.54) is 12.8 Å². The van der Waals surface area contributed by atoms with Crippen LogP contribution in [-0.2, 0) is 6.54 Å². The molecule has 0 atom stereocenters. The van der Waals surface area contributed by atoms with Gasteiger partial charge in [-0.25, -0.2) is 0 Å². The molecule has 0 unspecified atom stereocenters. The van der Waals surface area contributed by atoms with Gasteiger partial charge in [-0.1, -0.05) is 6.07 Å². The highest BCUT2D eigenvalue weighted by Gasteiger charge is 2.21. The first-order valence-electron chi connectivity index (χ1n) is 7.50. The summed E-state index contributed by atoms with van der Waals surface area (Å²) < 4.78 is 1.75. The molecule has 1 aromatic rings. The number of rotatable bonds is 7. The van der Waals surface area contributed by atoms with E-state index in [2.05, 4.69) is 22.5 Å². The molecule has 0 saturated heterocycles. The van der Waals surface area contributed by atoms with Crippen molar-refractivity contribution in [3.63, 3.8) is 0 Å². The van der Waals surface area contributed by atoms with Crippen LogP contribution in [0.4, 0.5) is 0 Å². The first-order chi connectivity index (χ1) is 9.79. The molecule has 1 saturated carbocycles. The largest absolute Gasteiger partial charge is 0.357 e. The number of pyridine rings is 1. The Morgan fingerprint density at radius 1 is 1.38 bits per heavy atom. The van der Waals surface area contributed by atoms with Gasteiger partial charge in [0.05, 0.1) is 0 Å². The third-order valence-electron chi connectivity index (χ3n) is 3.24. The van der Waals surface area contributed by atoms with Gasteiger partial charge in [0.1, 0.15) is 0 Å². The predicted molar refractivity (Wildman–Crippen MR) is 97.5 cm³/mol. The Bertz CT molecular complexity index is 496. The van der Waals surface area contributed by atoms with Crippen LogP contribution in [0.2, 0.25) is 0 Å². The third kappa shape index (κ3) is 6.97. The highest BCUT2D eigenvalue weighted by atomic mass is 127. The van der Waals surface area contributed by atoms with Crippen LogP contribution in [-0.4, -0.2) is 29.7 Å². The molecular weight excluding hydrogens is 379 g/mol. The van der Waals surface area contributed by atoms with Gasteiger partial charge < -0.3 is 15.2 Å². The van der Waals surface area contributed by atoms with Gasteiger partial charge in [-0.15, -0.1) is 24.0 Å². The minimum absolute atomic E-state index is 0. The first-order valence-corrected chi connectivity index (χ1v) is 7.50. The number of nitrogens with zero attached hydrogens (tertiary/aromatic N) is 2. The summed E-state index contributed by atoms with van der Waals surface area (Å²) in [6, 6.07) is 5.88. The number of aryl methyl sites for hydroxylation is 1. The molecule has 1 aliphatic rings. The first kappa shape index (κ1) is 18.0. The summed E-state index contributed by atoms with van der Waals surface area (Å²) in [5.41, 5.74) is 0.0692. The Hall–Kier alpha value is -1.05. The Kier molecular flexibility index (Phi) is 8.41. The van der Waals surface area contributed by atoms with E-state index in [1.54, 1.807) is 16.7 Å². The molecule has 1 fully saturated rings. The maximum absolute atomic E-state index is 11.5. The minimum Gasteiger partial charge on any atom is -0.357 e. The Morgan fingerprint density at radius 2 is 2.19 bits per heavy atom. The van der Waals surface area contributed by atoms with Crippen LogP contribution in [0.3, 0.4) is 0 Å². The van der Waals surface area contributed by atoms with E-state index >= 15 is 0 Å². The van der Waals surface area contributed by atoms with Crippen molar-refractivity contribution in [2.45, 2.75) is 45.2 Å². The fraction of sp³-hybridized carbons (Fsp3) is 0.600. The van der Waals surface area contributed by atoms with Gasteiger partial charge in [0.2, 0.25) is 5.56 Å². The molecule has 0 spiro atoms. The Balaban J connectivity index is 0.00000220. The van der Waals surface area contributed by atoms with E-state index in [9.17, 15) is 4.79 Å². The van der Waals surface area contributed by atoms with E-state index in [0.29, 0.717) is 6.04 Å². The summed E-state index contributed by atoms with van der Waals surface area (Å²) in [6.07, 6.45) is 6.30. The number of hydrogen-bond donors (Lipinski definition) is 2. The summed E-state index contributed by atoms with van der Waals surface area (Å²) in [4.78, 5) is 16.1. The van der Waals surface area contributed by atoms with Crippen molar-refractivity contribution in [3.8, 4) is 0 Å². The molecule has 0 aliphatic heterocycles. The van der Waals surface area contributed by atoms with E-state index in [4.69, 9.17) is 0 Å². The molecule has 6 heteroatoms. The van der Waals surface area contributed by atoms with E-state index in [1.807, 2.05) is 12.3 Å². The van der Waals surface area contributed by atoms with E-state index in [-0.39, 0.29) is 29.5 Å². The number of unbranched alkanes of at least 4 members (excludes halogenated alkanes) is 1. The summed E-state index contributed by atoms with van der Waals surface area (Å²) in [7, 11) is 0. The molecule has 0 amide bonds. The van der Waals surface area contributed by atoms with Crippen molar-refractivity contribution in [1.82, 2.24) is 15.2 Å². The van der Waals surface area contributed by atoms with Crippen LogP contribution in [0.25, 0.3) is 0 Å². The maximum Gasteiger partial charge on any atom is 0.250 e. The molecule has 2 N–H and O–H groups in total. The van der Waals surface area contributed by atoms with Crippen molar-refractivity contribution in [2.75, 3.05) is 13.1 Å². The molecule has 1 aromatic heterocycles. The van der Waals surface area contributed by atoms with Gasteiger partial charge in [-0.05, 0) is 38.7 Å². The Morgan fingerprint density at radius 3 is 2.86 bits per heavy atom. The van der Waals surface area contributed by atoms with Crippen molar-refractivity contribution in [3.05, 3.63) is 34.7 Å². The van der Waals surface area contributed by atoms with Crippen molar-refractivity contribution in [2.24, 2.45) is 4.99 Å². The lowest BCUT2D eigenvalue weighted by atomic mass is 10.3. The van der Waals surface area contributed by atoms with Crippen molar-refractivity contribution < 1.29 is 0 Å². The van der Waals surface area contributed by atoms with Gasteiger partial charge in [0.15, 0.2) is 5.96 Å². The number of hydrogen-bond acceptors (Lipinski definition) is 2. The number of halogens is 1. The molecule has 0 bridgehead atoms. The highest BCUT2D eigenvalue weighted by Crippen LogP contribution is 2.18. The van der Waals surface area contributed by atoms with Crippen LogP contribution in [0.1, 0.15) is 32.6 Å². The SMILES string of the molecule is CCNC(=NCCCCn1ccccc1=O)NC1CC1.I. The topological polar surface area (TPSA) is 58.4 Å². The Labute approximate surface area is 143 Å². The van der Waals surface area contributed by atoms with Crippen molar-refractivity contribution >= 4 is 29.9 Å². The average Bonchev–Trinajstić information content (AvgIpc) is 3.24. The molecule has 0 radical (unpaired) electrons. The lowest BCUT2D eigenvalue weighted by molar-refractivity contribution is 0.597. The molecule has 1 aliphatic carbocycles. The van der Waals surface area contributed by atoms with E-state index in [0.717, 1.165) is 38.4 Å². The molecular formula is C15H25IN4O. The standard InChI is InChI=1S/C15H24N4O.HI/c1-2-16-15(18-13-8-9-13)17-10-4-6-12-19-11-5-3-7-14(19)20;/h3,5,7,11,13H,2,4,6,8-10,12H2,1H3,(H2,16,17,18);1H. The second-order valence-electron chi connectivity index (χ2n) is 5.12.